The smallest absolute Gasteiger partial charge is 0.306 e. The van der Waals surface area contributed by atoms with E-state index in [2.05, 4.69) is 80.8 Å². The second-order valence-electron chi connectivity index (χ2n) is 17.9. The lowest BCUT2D eigenvalue weighted by Crippen LogP contribution is -2.46. The van der Waals surface area contributed by atoms with Crippen LogP contribution in [0.3, 0.4) is 0 Å². The van der Waals surface area contributed by atoms with Crippen molar-refractivity contribution in [3.8, 4) is 0 Å². The standard InChI is InChI=1S/C56H101NO5/c1-4-7-10-13-16-19-22-25-27-29-31-33-36-39-42-45-48-54(59)53(51-58)57-55(60)50-52(47-44-41-38-35-32-30-28-26-23-20-17-14-11-8-5-2)62-56(61)49-46-43-40-37-34-24-21-18-15-12-9-6-3/h8,11,17,20,26,28,32,35,41,44,52-54,58-59H,4-7,9-10,12-16,18-19,21-25,27,29-31,33-34,36-40,42-43,45-51H2,1-3H3,(H,57,60)/b11-8-,20-17-,28-26-,35-32-,44-41-. The third-order valence-corrected chi connectivity index (χ3v) is 11.9. The monoisotopic (exact) mass is 868 g/mol. The minimum Gasteiger partial charge on any atom is -0.461 e. The summed E-state index contributed by atoms with van der Waals surface area (Å²) in [6, 6.07) is -0.732. The topological polar surface area (TPSA) is 95.9 Å². The van der Waals surface area contributed by atoms with Crippen molar-refractivity contribution in [3.05, 3.63) is 60.8 Å². The molecule has 1 amide bonds. The van der Waals surface area contributed by atoms with E-state index in [1.54, 1.807) is 0 Å². The maximum Gasteiger partial charge on any atom is 0.306 e. The fourth-order valence-corrected chi connectivity index (χ4v) is 7.87. The number of hydrogen-bond acceptors (Lipinski definition) is 5. The predicted octanol–water partition coefficient (Wildman–Crippen LogP) is 16.0. The van der Waals surface area contributed by atoms with Crippen molar-refractivity contribution in [2.75, 3.05) is 6.61 Å². The van der Waals surface area contributed by atoms with Crippen LogP contribution in [-0.4, -0.2) is 46.9 Å². The number of ether oxygens (including phenoxy) is 1. The Morgan fingerprint density at radius 2 is 0.839 bits per heavy atom. The number of carbonyl (C=O) groups excluding carboxylic acids is 2. The Hall–Kier alpha value is -2.44. The molecule has 0 spiro atoms. The molecule has 6 nitrogen and oxygen atoms in total. The number of aliphatic hydroxyl groups excluding tert-OH is 2. The molecule has 0 aromatic rings. The van der Waals surface area contributed by atoms with Gasteiger partial charge in [0, 0.05) is 12.8 Å². The van der Waals surface area contributed by atoms with Gasteiger partial charge in [-0.25, -0.2) is 0 Å². The third-order valence-electron chi connectivity index (χ3n) is 11.9. The van der Waals surface area contributed by atoms with E-state index in [1.165, 1.54) is 141 Å². The molecule has 0 radical (unpaired) electrons. The maximum absolute atomic E-state index is 13.2. The minimum absolute atomic E-state index is 0.000757. The fraction of sp³-hybridized carbons (Fsp3) is 0.786. The van der Waals surface area contributed by atoms with E-state index in [4.69, 9.17) is 4.74 Å². The Morgan fingerprint density at radius 1 is 0.484 bits per heavy atom. The molecule has 0 saturated heterocycles. The van der Waals surface area contributed by atoms with Crippen LogP contribution < -0.4 is 5.32 Å². The molecule has 3 N–H and O–H groups in total. The molecule has 0 aliphatic carbocycles. The van der Waals surface area contributed by atoms with E-state index in [0.29, 0.717) is 19.3 Å². The van der Waals surface area contributed by atoms with Crippen LogP contribution in [0.25, 0.3) is 0 Å². The third kappa shape index (κ3) is 44.2. The summed E-state index contributed by atoms with van der Waals surface area (Å²) in [6.45, 7) is 6.35. The average Bonchev–Trinajstić information content (AvgIpc) is 3.26. The van der Waals surface area contributed by atoms with Gasteiger partial charge in [0.2, 0.25) is 5.91 Å². The van der Waals surface area contributed by atoms with Crippen LogP contribution in [0, 0.1) is 0 Å². The molecule has 360 valence electrons. The highest BCUT2D eigenvalue weighted by atomic mass is 16.5. The molecular weight excluding hydrogens is 767 g/mol. The first-order valence-corrected chi connectivity index (χ1v) is 26.5. The number of esters is 1. The molecule has 0 aromatic heterocycles. The highest BCUT2D eigenvalue weighted by molar-refractivity contribution is 5.77. The lowest BCUT2D eigenvalue weighted by Gasteiger charge is -2.24. The number of allylic oxidation sites excluding steroid dienone is 9. The number of hydrogen-bond donors (Lipinski definition) is 3. The van der Waals surface area contributed by atoms with E-state index in [1.807, 2.05) is 6.08 Å². The summed E-state index contributed by atoms with van der Waals surface area (Å²) in [5, 5.41) is 23.8. The van der Waals surface area contributed by atoms with Crippen molar-refractivity contribution in [2.24, 2.45) is 0 Å². The van der Waals surface area contributed by atoms with Gasteiger partial charge in [-0.05, 0) is 44.9 Å². The number of carbonyl (C=O) groups is 2. The van der Waals surface area contributed by atoms with Gasteiger partial charge in [0.1, 0.15) is 6.10 Å². The maximum atomic E-state index is 13.2. The summed E-state index contributed by atoms with van der Waals surface area (Å²) < 4.78 is 5.87. The van der Waals surface area contributed by atoms with E-state index >= 15 is 0 Å². The number of amides is 1. The highest BCUT2D eigenvalue weighted by Gasteiger charge is 2.23. The second-order valence-corrected chi connectivity index (χ2v) is 17.9. The van der Waals surface area contributed by atoms with Crippen LogP contribution in [0.5, 0.6) is 0 Å². The van der Waals surface area contributed by atoms with Crippen molar-refractivity contribution in [3.63, 3.8) is 0 Å². The van der Waals surface area contributed by atoms with Crippen LogP contribution >= 0.6 is 0 Å². The van der Waals surface area contributed by atoms with Crippen LogP contribution in [0.15, 0.2) is 60.8 Å². The largest absolute Gasteiger partial charge is 0.461 e. The molecule has 6 heteroatoms. The van der Waals surface area contributed by atoms with Gasteiger partial charge in [-0.3, -0.25) is 9.59 Å². The molecule has 0 bridgehead atoms. The van der Waals surface area contributed by atoms with Crippen LogP contribution in [0.4, 0.5) is 0 Å². The molecule has 0 aliphatic heterocycles. The Balaban J connectivity index is 4.65. The lowest BCUT2D eigenvalue weighted by atomic mass is 10.0. The Labute approximate surface area is 384 Å². The first-order valence-electron chi connectivity index (χ1n) is 26.5. The van der Waals surface area contributed by atoms with Gasteiger partial charge in [0.15, 0.2) is 0 Å². The van der Waals surface area contributed by atoms with Gasteiger partial charge in [0.25, 0.3) is 0 Å². The van der Waals surface area contributed by atoms with Gasteiger partial charge in [-0.1, -0.05) is 255 Å². The van der Waals surface area contributed by atoms with Gasteiger partial charge >= 0.3 is 5.97 Å². The zero-order chi connectivity index (χ0) is 45.2. The van der Waals surface area contributed by atoms with Gasteiger partial charge in [0.05, 0.1) is 25.2 Å². The molecule has 0 rings (SSSR count). The fourth-order valence-electron chi connectivity index (χ4n) is 7.87. The minimum atomic E-state index is -0.812. The summed E-state index contributed by atoms with van der Waals surface area (Å²) in [6.07, 6.45) is 61.6. The number of aliphatic hydroxyl groups is 2. The Morgan fingerprint density at radius 3 is 1.23 bits per heavy atom. The molecule has 0 aromatic carbocycles. The zero-order valence-corrected chi connectivity index (χ0v) is 41.0. The summed E-state index contributed by atoms with van der Waals surface area (Å²) in [5.41, 5.74) is 0. The molecular formula is C56H101NO5. The summed E-state index contributed by atoms with van der Waals surface area (Å²) in [5.74, 6) is -0.574. The Kier molecular flexibility index (Phi) is 47.6. The van der Waals surface area contributed by atoms with Crippen molar-refractivity contribution in [1.29, 1.82) is 0 Å². The lowest BCUT2D eigenvalue weighted by molar-refractivity contribution is -0.150. The number of rotatable bonds is 47. The average molecular weight is 868 g/mol. The van der Waals surface area contributed by atoms with Crippen molar-refractivity contribution < 1.29 is 24.5 Å². The first-order chi connectivity index (χ1) is 30.5. The summed E-state index contributed by atoms with van der Waals surface area (Å²) >= 11 is 0. The van der Waals surface area contributed by atoms with Crippen LogP contribution in [0.1, 0.15) is 258 Å². The molecule has 0 aliphatic rings. The summed E-state index contributed by atoms with van der Waals surface area (Å²) in [4.78, 5) is 26.1. The van der Waals surface area contributed by atoms with Crippen molar-refractivity contribution >= 4 is 11.9 Å². The van der Waals surface area contributed by atoms with Crippen LogP contribution in [0.2, 0.25) is 0 Å². The van der Waals surface area contributed by atoms with Crippen molar-refractivity contribution in [2.45, 2.75) is 277 Å². The normalized spacial score (nSPS) is 13.7. The SMILES string of the molecule is CC/C=C\C/C=C\C/C=C\C/C=C\C/C=C\CC(CC(=O)NC(CO)C(O)CCCCCCCCCCCCCCCCCC)OC(=O)CCCCCCCCCCCCCC. The predicted molar refractivity (Wildman–Crippen MR) is 268 cm³/mol. The van der Waals surface area contributed by atoms with E-state index < -0.39 is 18.2 Å². The zero-order valence-electron chi connectivity index (χ0n) is 41.0. The molecule has 62 heavy (non-hydrogen) atoms. The van der Waals surface area contributed by atoms with Gasteiger partial charge in [-0.15, -0.1) is 0 Å². The van der Waals surface area contributed by atoms with E-state index in [9.17, 15) is 19.8 Å². The van der Waals surface area contributed by atoms with Crippen LogP contribution in [-0.2, 0) is 14.3 Å². The summed E-state index contributed by atoms with van der Waals surface area (Å²) in [7, 11) is 0. The molecule has 3 atom stereocenters. The Bertz CT molecular complexity index is 1110. The van der Waals surface area contributed by atoms with E-state index in [-0.39, 0.29) is 24.9 Å². The molecule has 0 fully saturated rings. The quantitative estimate of drug-likeness (QED) is 0.0322. The molecule has 0 heterocycles. The van der Waals surface area contributed by atoms with Gasteiger partial charge < -0.3 is 20.3 Å². The highest BCUT2D eigenvalue weighted by Crippen LogP contribution is 2.17. The van der Waals surface area contributed by atoms with E-state index in [0.717, 1.165) is 70.6 Å². The number of nitrogens with one attached hydrogen (secondary N) is 1. The molecule has 3 unspecified atom stereocenters. The van der Waals surface area contributed by atoms with Crippen molar-refractivity contribution in [1.82, 2.24) is 5.32 Å². The van der Waals surface area contributed by atoms with Gasteiger partial charge in [-0.2, -0.15) is 0 Å². The second kappa shape index (κ2) is 49.6. The number of unbranched alkanes of at least 4 members (excludes halogenated alkanes) is 26. The molecule has 0 saturated carbocycles. The first kappa shape index (κ1) is 59.6.